The number of rotatable bonds is 4. The van der Waals surface area contributed by atoms with Crippen molar-refractivity contribution in [2.24, 2.45) is 0 Å². The van der Waals surface area contributed by atoms with Crippen molar-refractivity contribution in [1.29, 1.82) is 0 Å². The first-order chi connectivity index (χ1) is 8.08. The van der Waals surface area contributed by atoms with Crippen LogP contribution in [0, 0.1) is 6.92 Å². The quantitative estimate of drug-likeness (QED) is 0.822. The lowest BCUT2D eigenvalue weighted by Gasteiger charge is -2.16. The van der Waals surface area contributed by atoms with Gasteiger partial charge in [-0.1, -0.05) is 32.0 Å². The minimum atomic E-state index is -0.122. The predicted molar refractivity (Wildman–Crippen MR) is 72.5 cm³/mol. The third-order valence-corrected chi connectivity index (χ3v) is 2.97. The third kappa shape index (κ3) is 3.77. The summed E-state index contributed by atoms with van der Waals surface area (Å²) in [5.74, 6) is 0. The van der Waals surface area contributed by atoms with Crippen LogP contribution in [0.4, 0.5) is 10.5 Å². The highest BCUT2D eigenvalue weighted by atomic mass is 16.2. The zero-order valence-corrected chi connectivity index (χ0v) is 11.1. The van der Waals surface area contributed by atoms with Crippen LogP contribution in [0.5, 0.6) is 0 Å². The van der Waals surface area contributed by atoms with Crippen LogP contribution in [-0.2, 0) is 6.42 Å². The first-order valence-electron chi connectivity index (χ1n) is 6.24. The molecule has 0 aromatic heterocycles. The Hall–Kier alpha value is -1.51. The molecule has 0 unspecified atom stereocenters. The van der Waals surface area contributed by atoms with E-state index in [4.69, 9.17) is 0 Å². The average molecular weight is 234 g/mol. The van der Waals surface area contributed by atoms with E-state index in [9.17, 15) is 4.79 Å². The maximum atomic E-state index is 11.8. The lowest BCUT2D eigenvalue weighted by atomic mass is 10.1. The van der Waals surface area contributed by atoms with Crippen molar-refractivity contribution in [2.45, 2.75) is 46.6 Å². The normalized spacial score (nSPS) is 12.0. The number of aryl methyl sites for hydroxylation is 2. The van der Waals surface area contributed by atoms with E-state index in [2.05, 4.69) is 24.5 Å². The molecule has 3 heteroatoms. The van der Waals surface area contributed by atoms with Crippen molar-refractivity contribution in [3.63, 3.8) is 0 Å². The van der Waals surface area contributed by atoms with Gasteiger partial charge < -0.3 is 10.6 Å². The van der Waals surface area contributed by atoms with Gasteiger partial charge in [0.05, 0.1) is 0 Å². The van der Waals surface area contributed by atoms with Crippen LogP contribution in [0.2, 0.25) is 0 Å². The Kier molecular flexibility index (Phi) is 5.01. The molecule has 1 aromatic carbocycles. The monoisotopic (exact) mass is 234 g/mol. The van der Waals surface area contributed by atoms with E-state index < -0.39 is 0 Å². The van der Waals surface area contributed by atoms with Crippen LogP contribution in [0.1, 0.15) is 38.3 Å². The van der Waals surface area contributed by atoms with Crippen LogP contribution < -0.4 is 10.6 Å². The molecule has 94 valence electrons. The summed E-state index contributed by atoms with van der Waals surface area (Å²) >= 11 is 0. The van der Waals surface area contributed by atoms with E-state index >= 15 is 0 Å². The molecule has 3 nitrogen and oxygen atoms in total. The zero-order chi connectivity index (χ0) is 12.8. The van der Waals surface area contributed by atoms with Crippen LogP contribution in [-0.4, -0.2) is 12.1 Å². The van der Waals surface area contributed by atoms with E-state index in [1.165, 1.54) is 5.56 Å². The molecule has 2 amide bonds. The van der Waals surface area contributed by atoms with Gasteiger partial charge in [0.1, 0.15) is 0 Å². The van der Waals surface area contributed by atoms with Gasteiger partial charge in [0.2, 0.25) is 0 Å². The highest BCUT2D eigenvalue weighted by Gasteiger charge is 2.09. The second-order valence-corrected chi connectivity index (χ2v) is 4.37. The number of amides is 2. The van der Waals surface area contributed by atoms with Crippen molar-refractivity contribution in [3.8, 4) is 0 Å². The number of hydrogen-bond donors (Lipinski definition) is 2. The number of para-hydroxylation sites is 1. The van der Waals surface area contributed by atoms with Crippen LogP contribution in [0.25, 0.3) is 0 Å². The summed E-state index contributed by atoms with van der Waals surface area (Å²) in [6.07, 6.45) is 1.85. The first kappa shape index (κ1) is 13.6. The molecule has 0 aliphatic heterocycles. The standard InChI is InChI=1S/C14H22N2O/c1-5-11(4)15-14(17)16-13-10(3)8-7-9-12(13)6-2/h7-9,11H,5-6H2,1-4H3,(H2,15,16,17)/t11-/m0/s1. The average Bonchev–Trinajstić information content (AvgIpc) is 2.31. The van der Waals surface area contributed by atoms with E-state index in [1.54, 1.807) is 0 Å². The number of anilines is 1. The van der Waals surface area contributed by atoms with Gasteiger partial charge in [-0.3, -0.25) is 0 Å². The minimum absolute atomic E-state index is 0.122. The molecule has 0 heterocycles. The fourth-order valence-corrected chi connectivity index (χ4v) is 1.68. The van der Waals surface area contributed by atoms with Crippen molar-refractivity contribution in [1.82, 2.24) is 5.32 Å². The molecular weight excluding hydrogens is 212 g/mol. The van der Waals surface area contributed by atoms with Crippen molar-refractivity contribution in [2.75, 3.05) is 5.32 Å². The number of hydrogen-bond acceptors (Lipinski definition) is 1. The summed E-state index contributed by atoms with van der Waals surface area (Å²) in [6.45, 7) is 8.15. The summed E-state index contributed by atoms with van der Waals surface area (Å²) in [6, 6.07) is 6.16. The van der Waals surface area contributed by atoms with Gasteiger partial charge in [0.15, 0.2) is 0 Å². The Morgan fingerprint density at radius 3 is 2.65 bits per heavy atom. The zero-order valence-electron chi connectivity index (χ0n) is 11.1. The molecule has 0 saturated heterocycles. The Morgan fingerprint density at radius 1 is 1.35 bits per heavy atom. The van der Waals surface area contributed by atoms with Crippen LogP contribution in [0.3, 0.4) is 0 Å². The van der Waals surface area contributed by atoms with Gasteiger partial charge in [-0.2, -0.15) is 0 Å². The summed E-state index contributed by atoms with van der Waals surface area (Å²) in [5, 5.41) is 5.85. The van der Waals surface area contributed by atoms with E-state index in [1.807, 2.05) is 32.0 Å². The summed E-state index contributed by atoms with van der Waals surface area (Å²) in [5.41, 5.74) is 3.21. The summed E-state index contributed by atoms with van der Waals surface area (Å²) in [7, 11) is 0. The molecule has 1 rings (SSSR count). The van der Waals surface area contributed by atoms with Crippen molar-refractivity contribution >= 4 is 11.7 Å². The molecule has 0 bridgehead atoms. The third-order valence-electron chi connectivity index (χ3n) is 2.97. The number of urea groups is 1. The minimum Gasteiger partial charge on any atom is -0.335 e. The Balaban J connectivity index is 2.77. The van der Waals surface area contributed by atoms with Crippen molar-refractivity contribution in [3.05, 3.63) is 29.3 Å². The Labute approximate surface area is 104 Å². The Bertz CT molecular complexity index is 388. The van der Waals surface area contributed by atoms with Gasteiger partial charge in [0, 0.05) is 11.7 Å². The van der Waals surface area contributed by atoms with E-state index in [0.29, 0.717) is 0 Å². The lowest BCUT2D eigenvalue weighted by Crippen LogP contribution is -2.36. The smallest absolute Gasteiger partial charge is 0.319 e. The van der Waals surface area contributed by atoms with E-state index in [0.717, 1.165) is 24.1 Å². The maximum Gasteiger partial charge on any atom is 0.319 e. The SMILES string of the molecule is CCc1cccc(C)c1NC(=O)N[C@@H](C)CC. The van der Waals surface area contributed by atoms with Crippen LogP contribution >= 0.6 is 0 Å². The molecule has 0 radical (unpaired) electrons. The molecule has 17 heavy (non-hydrogen) atoms. The van der Waals surface area contributed by atoms with E-state index in [-0.39, 0.29) is 12.1 Å². The summed E-state index contributed by atoms with van der Waals surface area (Å²) in [4.78, 5) is 11.8. The topological polar surface area (TPSA) is 41.1 Å². The molecule has 0 spiro atoms. The highest BCUT2D eigenvalue weighted by molar-refractivity contribution is 5.91. The van der Waals surface area contributed by atoms with Gasteiger partial charge in [-0.25, -0.2) is 4.79 Å². The number of carbonyl (C=O) groups excluding carboxylic acids is 1. The van der Waals surface area contributed by atoms with Crippen molar-refractivity contribution < 1.29 is 4.79 Å². The molecule has 0 aliphatic carbocycles. The number of benzene rings is 1. The summed E-state index contributed by atoms with van der Waals surface area (Å²) < 4.78 is 0. The fourth-order valence-electron chi connectivity index (χ4n) is 1.68. The molecule has 1 aromatic rings. The molecule has 0 aliphatic rings. The molecule has 0 saturated carbocycles. The second kappa shape index (κ2) is 6.28. The maximum absolute atomic E-state index is 11.8. The van der Waals surface area contributed by atoms with Gasteiger partial charge in [-0.05, 0) is 37.8 Å². The largest absolute Gasteiger partial charge is 0.335 e. The second-order valence-electron chi connectivity index (χ2n) is 4.37. The molecule has 0 fully saturated rings. The first-order valence-corrected chi connectivity index (χ1v) is 6.24. The molecular formula is C14H22N2O. The van der Waals surface area contributed by atoms with Gasteiger partial charge >= 0.3 is 6.03 Å². The van der Waals surface area contributed by atoms with Crippen LogP contribution in [0.15, 0.2) is 18.2 Å². The highest BCUT2D eigenvalue weighted by Crippen LogP contribution is 2.20. The molecule has 2 N–H and O–H groups in total. The van der Waals surface area contributed by atoms with Gasteiger partial charge in [0.25, 0.3) is 0 Å². The predicted octanol–water partition coefficient (Wildman–Crippen LogP) is 3.48. The lowest BCUT2D eigenvalue weighted by molar-refractivity contribution is 0.249. The number of nitrogens with one attached hydrogen (secondary N) is 2. The molecule has 1 atom stereocenters. The Morgan fingerprint density at radius 2 is 2.06 bits per heavy atom. The fraction of sp³-hybridized carbons (Fsp3) is 0.500. The number of carbonyl (C=O) groups is 1. The van der Waals surface area contributed by atoms with Gasteiger partial charge in [-0.15, -0.1) is 0 Å².